The number of benzene rings is 3. The van der Waals surface area contributed by atoms with E-state index in [1.807, 2.05) is 13.0 Å². The van der Waals surface area contributed by atoms with Gasteiger partial charge in [0.1, 0.15) is 11.5 Å². The van der Waals surface area contributed by atoms with E-state index in [9.17, 15) is 5.11 Å². The number of hydrogen-bond donors (Lipinski definition) is 1. The molecule has 3 aromatic rings. The molecule has 3 aromatic carbocycles. The summed E-state index contributed by atoms with van der Waals surface area (Å²) >= 11 is 0. The Bertz CT molecular complexity index is 1040. The summed E-state index contributed by atoms with van der Waals surface area (Å²) in [5.41, 5.74) is 8.96. The van der Waals surface area contributed by atoms with Crippen LogP contribution in [0.3, 0.4) is 0 Å². The van der Waals surface area contributed by atoms with Gasteiger partial charge in [0.05, 0.1) is 20.3 Å². The van der Waals surface area contributed by atoms with Crippen molar-refractivity contribution < 1.29 is 14.6 Å². The third-order valence-corrected chi connectivity index (χ3v) is 5.88. The summed E-state index contributed by atoms with van der Waals surface area (Å²) in [5, 5.41) is 9.59. The van der Waals surface area contributed by atoms with Crippen LogP contribution in [-0.2, 0) is 32.3 Å². The summed E-state index contributed by atoms with van der Waals surface area (Å²) in [7, 11) is 1.67. The number of methoxy groups -OCH3 is 1. The van der Waals surface area contributed by atoms with Crippen LogP contribution < -0.4 is 9.47 Å². The Morgan fingerprint density at radius 1 is 0.871 bits per heavy atom. The summed E-state index contributed by atoms with van der Waals surface area (Å²) in [5.74, 6) is 1.72. The second-order valence-electron chi connectivity index (χ2n) is 7.99. The highest BCUT2D eigenvalue weighted by Gasteiger charge is 2.18. The molecule has 0 fully saturated rings. The third-order valence-electron chi connectivity index (χ3n) is 5.88. The van der Waals surface area contributed by atoms with Gasteiger partial charge in [-0.25, -0.2) is 0 Å². The van der Waals surface area contributed by atoms with Crippen molar-refractivity contribution >= 4 is 5.57 Å². The first-order chi connectivity index (χ1) is 15.2. The minimum absolute atomic E-state index is 0.0210. The van der Waals surface area contributed by atoms with Crippen LogP contribution in [0.2, 0.25) is 0 Å². The number of fused-ring (bicyclic) bond motifs is 1. The van der Waals surface area contributed by atoms with Gasteiger partial charge in [-0.3, -0.25) is 0 Å². The smallest absolute Gasteiger partial charge is 0.119 e. The first kappa shape index (κ1) is 21.2. The highest BCUT2D eigenvalue weighted by atomic mass is 16.5. The number of hydrogen-bond acceptors (Lipinski definition) is 3. The number of rotatable bonds is 9. The van der Waals surface area contributed by atoms with Gasteiger partial charge in [0.25, 0.3) is 0 Å². The quantitative estimate of drug-likeness (QED) is 0.499. The Morgan fingerprint density at radius 3 is 2.42 bits per heavy atom. The van der Waals surface area contributed by atoms with Gasteiger partial charge < -0.3 is 14.6 Å². The first-order valence-corrected chi connectivity index (χ1v) is 11.0. The van der Waals surface area contributed by atoms with Crippen molar-refractivity contribution in [2.24, 2.45) is 0 Å². The molecule has 0 saturated heterocycles. The zero-order chi connectivity index (χ0) is 21.6. The molecule has 0 spiro atoms. The van der Waals surface area contributed by atoms with Crippen molar-refractivity contribution in [1.82, 2.24) is 0 Å². The van der Waals surface area contributed by atoms with Crippen molar-refractivity contribution in [1.29, 1.82) is 0 Å². The lowest BCUT2D eigenvalue weighted by Gasteiger charge is -2.14. The van der Waals surface area contributed by atoms with Gasteiger partial charge in [-0.2, -0.15) is 0 Å². The molecule has 0 bridgehead atoms. The van der Waals surface area contributed by atoms with Crippen LogP contribution >= 0.6 is 0 Å². The Labute approximate surface area is 185 Å². The summed E-state index contributed by atoms with van der Waals surface area (Å²) < 4.78 is 11.0. The largest absolute Gasteiger partial charge is 0.497 e. The molecular formula is C28H30O3. The van der Waals surface area contributed by atoms with E-state index < -0.39 is 0 Å². The molecule has 0 unspecified atom stereocenters. The predicted molar refractivity (Wildman–Crippen MR) is 126 cm³/mol. The van der Waals surface area contributed by atoms with Crippen molar-refractivity contribution in [3.63, 3.8) is 0 Å². The highest BCUT2D eigenvalue weighted by Crippen LogP contribution is 2.34. The minimum atomic E-state index is 0.0210. The SMILES string of the molecule is CCOc1ccc(CCc2cccc3c2C(Cc2cc(CO)cc(OC)c2)=CC3)cc1. The van der Waals surface area contributed by atoms with E-state index in [0.717, 1.165) is 42.7 Å². The zero-order valence-electron chi connectivity index (χ0n) is 18.4. The molecule has 0 amide bonds. The maximum Gasteiger partial charge on any atom is 0.119 e. The van der Waals surface area contributed by atoms with E-state index in [1.165, 1.54) is 33.4 Å². The lowest BCUT2D eigenvalue weighted by Crippen LogP contribution is -2.00. The van der Waals surface area contributed by atoms with Gasteiger partial charge >= 0.3 is 0 Å². The number of aliphatic hydroxyl groups excluding tert-OH is 1. The first-order valence-electron chi connectivity index (χ1n) is 11.0. The van der Waals surface area contributed by atoms with Crippen LogP contribution in [0.25, 0.3) is 5.57 Å². The molecule has 0 atom stereocenters. The molecule has 0 aromatic heterocycles. The maximum absolute atomic E-state index is 9.59. The molecule has 31 heavy (non-hydrogen) atoms. The molecule has 160 valence electrons. The third kappa shape index (κ3) is 5.00. The Hall–Kier alpha value is -3.04. The Kier molecular flexibility index (Phi) is 6.73. The number of aliphatic hydroxyl groups is 1. The van der Waals surface area contributed by atoms with Gasteiger partial charge in [0.2, 0.25) is 0 Å². The average molecular weight is 415 g/mol. The molecule has 3 heteroatoms. The molecule has 0 heterocycles. The summed E-state index contributed by atoms with van der Waals surface area (Å²) in [6, 6.07) is 21.2. The monoisotopic (exact) mass is 414 g/mol. The standard InChI is InChI=1S/C28H30O3/c1-3-31-26-13-8-20(9-14-26)7-10-23-5-4-6-24-11-12-25(28(23)24)16-21-15-22(19-29)18-27(17-21)30-2/h4-6,8-9,12-15,17-18,29H,3,7,10-11,16,19H2,1-2H3. The number of aryl methyl sites for hydroxylation is 2. The average Bonchev–Trinajstić information content (AvgIpc) is 3.22. The van der Waals surface area contributed by atoms with Gasteiger partial charge in [-0.15, -0.1) is 0 Å². The molecule has 0 radical (unpaired) electrons. The number of allylic oxidation sites excluding steroid dienone is 2. The molecule has 0 saturated carbocycles. The molecule has 0 aliphatic heterocycles. The second-order valence-corrected chi connectivity index (χ2v) is 7.99. The van der Waals surface area contributed by atoms with E-state index in [0.29, 0.717) is 6.61 Å². The van der Waals surface area contributed by atoms with E-state index in [1.54, 1.807) is 7.11 Å². The topological polar surface area (TPSA) is 38.7 Å². The van der Waals surface area contributed by atoms with Gasteiger partial charge in [0, 0.05) is 0 Å². The molecule has 3 nitrogen and oxygen atoms in total. The van der Waals surface area contributed by atoms with Crippen molar-refractivity contribution in [2.45, 2.75) is 39.2 Å². The summed E-state index contributed by atoms with van der Waals surface area (Å²) in [4.78, 5) is 0. The molecule has 4 rings (SSSR count). The lowest BCUT2D eigenvalue weighted by molar-refractivity contribution is 0.281. The van der Waals surface area contributed by atoms with Crippen LogP contribution in [0.1, 0.15) is 40.3 Å². The van der Waals surface area contributed by atoms with Gasteiger partial charge in [0.15, 0.2) is 0 Å². The van der Waals surface area contributed by atoms with Gasteiger partial charge in [-0.1, -0.05) is 42.5 Å². The fraction of sp³-hybridized carbons (Fsp3) is 0.286. The Morgan fingerprint density at radius 2 is 1.68 bits per heavy atom. The van der Waals surface area contributed by atoms with Crippen LogP contribution in [0.5, 0.6) is 11.5 Å². The van der Waals surface area contributed by atoms with E-state index in [2.05, 4.69) is 60.7 Å². The maximum atomic E-state index is 9.59. The van der Waals surface area contributed by atoms with Crippen LogP contribution in [0, 0.1) is 0 Å². The van der Waals surface area contributed by atoms with Crippen molar-refractivity contribution in [3.05, 3.63) is 100 Å². The van der Waals surface area contributed by atoms with E-state index in [4.69, 9.17) is 9.47 Å². The van der Waals surface area contributed by atoms with Crippen LogP contribution in [-0.4, -0.2) is 18.8 Å². The second kappa shape index (κ2) is 9.84. The van der Waals surface area contributed by atoms with E-state index in [-0.39, 0.29) is 6.61 Å². The van der Waals surface area contributed by atoms with E-state index >= 15 is 0 Å². The summed E-state index contributed by atoms with van der Waals surface area (Å²) in [6.07, 6.45) is 6.19. The molecular weight excluding hydrogens is 384 g/mol. The predicted octanol–water partition coefficient (Wildman–Crippen LogP) is 5.55. The Balaban J connectivity index is 1.52. The van der Waals surface area contributed by atoms with Crippen LogP contribution in [0.15, 0.2) is 66.7 Å². The lowest BCUT2D eigenvalue weighted by atomic mass is 9.91. The normalized spacial score (nSPS) is 12.4. The number of ether oxygens (including phenoxy) is 2. The molecule has 1 aliphatic carbocycles. The van der Waals surface area contributed by atoms with Crippen LogP contribution in [0.4, 0.5) is 0 Å². The zero-order valence-corrected chi connectivity index (χ0v) is 18.4. The fourth-order valence-corrected chi connectivity index (χ4v) is 4.40. The highest BCUT2D eigenvalue weighted by molar-refractivity contribution is 5.77. The van der Waals surface area contributed by atoms with Gasteiger partial charge in [-0.05, 0) is 95.8 Å². The van der Waals surface area contributed by atoms with Crippen molar-refractivity contribution in [3.8, 4) is 11.5 Å². The van der Waals surface area contributed by atoms with Crippen molar-refractivity contribution in [2.75, 3.05) is 13.7 Å². The molecule has 1 aliphatic rings. The minimum Gasteiger partial charge on any atom is -0.497 e. The summed E-state index contributed by atoms with van der Waals surface area (Å²) in [6.45, 7) is 2.72. The molecule has 1 N–H and O–H groups in total. The fourth-order valence-electron chi connectivity index (χ4n) is 4.40.